The van der Waals surface area contributed by atoms with Gasteiger partial charge in [-0.3, -0.25) is 0 Å². The Kier molecular flexibility index (Phi) is 22.7. The number of ether oxygens (including phenoxy) is 6. The average molecular weight is 785 g/mol. The standard InChI is InChI=1S/C47H60O10/c1-4-44(48)54-34-20-16-12-8-6-10-14-18-32-52-40-26-22-38(23-27-40)46(50)56-42-30-31-43(37(3)36-42)57-47(51)39-24-28-41(29-25-39)53-33-19-15-11-7-9-13-17-21-35-55-45(49)5-2/h4-5,22-31,36H,1-2,6-21,32-35H2,3H3. The van der Waals surface area contributed by atoms with Gasteiger partial charge in [0.05, 0.1) is 37.6 Å². The van der Waals surface area contributed by atoms with Crippen LogP contribution in [-0.4, -0.2) is 50.3 Å². The number of esters is 4. The SMILES string of the molecule is C=CC(=O)OCCCCCCCCCCOc1ccc(C(=O)Oc2ccc(OC(=O)c3ccc(OCCCCCCCCCCOC(=O)C=C)cc3)c(C)c2)cc1. The van der Waals surface area contributed by atoms with Crippen LogP contribution >= 0.6 is 0 Å². The van der Waals surface area contributed by atoms with E-state index in [1.165, 1.54) is 37.8 Å². The predicted molar refractivity (Wildman–Crippen MR) is 221 cm³/mol. The number of rotatable bonds is 30. The Balaban J connectivity index is 1.26. The van der Waals surface area contributed by atoms with Gasteiger partial charge in [0.15, 0.2) is 0 Å². The number of unbranched alkanes of at least 4 members (excludes halogenated alkanes) is 14. The first kappa shape index (κ1) is 46.0. The summed E-state index contributed by atoms with van der Waals surface area (Å²) in [5.74, 6) is 0.385. The van der Waals surface area contributed by atoms with Crippen molar-refractivity contribution in [2.75, 3.05) is 26.4 Å². The van der Waals surface area contributed by atoms with E-state index in [1.807, 2.05) is 0 Å². The number of aryl methyl sites for hydroxylation is 1. The van der Waals surface area contributed by atoms with Crippen LogP contribution in [0.3, 0.4) is 0 Å². The molecule has 0 saturated heterocycles. The Morgan fingerprint density at radius 3 is 1.19 bits per heavy atom. The lowest BCUT2D eigenvalue weighted by Crippen LogP contribution is -2.10. The zero-order valence-corrected chi connectivity index (χ0v) is 33.6. The molecule has 0 aliphatic rings. The Morgan fingerprint density at radius 2 is 0.807 bits per heavy atom. The molecule has 0 bridgehead atoms. The molecule has 0 N–H and O–H groups in total. The van der Waals surface area contributed by atoms with Crippen molar-refractivity contribution < 1.29 is 47.6 Å². The van der Waals surface area contributed by atoms with Crippen LogP contribution in [0.5, 0.6) is 23.0 Å². The first-order valence-corrected chi connectivity index (χ1v) is 20.4. The van der Waals surface area contributed by atoms with E-state index < -0.39 is 11.9 Å². The maximum absolute atomic E-state index is 12.9. The largest absolute Gasteiger partial charge is 0.494 e. The van der Waals surface area contributed by atoms with Gasteiger partial charge in [-0.25, -0.2) is 19.2 Å². The molecular weight excluding hydrogens is 725 g/mol. The van der Waals surface area contributed by atoms with Crippen LogP contribution in [0.1, 0.15) is 129 Å². The van der Waals surface area contributed by atoms with Crippen LogP contribution in [0.2, 0.25) is 0 Å². The maximum atomic E-state index is 12.9. The fourth-order valence-corrected chi connectivity index (χ4v) is 5.87. The highest BCUT2D eigenvalue weighted by atomic mass is 16.5. The minimum Gasteiger partial charge on any atom is -0.494 e. The van der Waals surface area contributed by atoms with Crippen molar-refractivity contribution in [2.24, 2.45) is 0 Å². The Bertz CT molecular complexity index is 1660. The molecule has 0 atom stereocenters. The molecule has 3 aromatic rings. The summed E-state index contributed by atoms with van der Waals surface area (Å²) in [6, 6.07) is 18.6. The lowest BCUT2D eigenvalue weighted by atomic mass is 10.1. The number of hydrogen-bond donors (Lipinski definition) is 0. The molecule has 10 nitrogen and oxygen atoms in total. The molecule has 0 aliphatic carbocycles. The molecular formula is C47H60O10. The van der Waals surface area contributed by atoms with Gasteiger partial charge in [0, 0.05) is 12.2 Å². The van der Waals surface area contributed by atoms with Crippen LogP contribution in [0.15, 0.2) is 92.0 Å². The Morgan fingerprint density at radius 1 is 0.456 bits per heavy atom. The first-order chi connectivity index (χ1) is 27.8. The highest BCUT2D eigenvalue weighted by molar-refractivity contribution is 5.92. The van der Waals surface area contributed by atoms with Gasteiger partial charge in [-0.1, -0.05) is 90.2 Å². The quantitative estimate of drug-likeness (QED) is 0.0279. The second kappa shape index (κ2) is 28.1. The van der Waals surface area contributed by atoms with Gasteiger partial charge < -0.3 is 28.4 Å². The number of hydrogen-bond acceptors (Lipinski definition) is 10. The lowest BCUT2D eigenvalue weighted by Gasteiger charge is -2.11. The third-order valence-electron chi connectivity index (χ3n) is 9.18. The van der Waals surface area contributed by atoms with Gasteiger partial charge in [0.25, 0.3) is 0 Å². The van der Waals surface area contributed by atoms with Crippen LogP contribution in [0, 0.1) is 6.92 Å². The summed E-state index contributed by atoms with van der Waals surface area (Å²) in [4.78, 5) is 47.7. The van der Waals surface area contributed by atoms with Crippen molar-refractivity contribution in [3.8, 4) is 23.0 Å². The van der Waals surface area contributed by atoms with Gasteiger partial charge in [-0.15, -0.1) is 0 Å². The summed E-state index contributed by atoms with van der Waals surface area (Å²) in [6.45, 7) is 10.7. The summed E-state index contributed by atoms with van der Waals surface area (Å²) in [7, 11) is 0. The number of benzene rings is 3. The van der Waals surface area contributed by atoms with E-state index in [0.29, 0.717) is 66.1 Å². The van der Waals surface area contributed by atoms with Crippen LogP contribution in [0.25, 0.3) is 0 Å². The second-order valence-corrected chi connectivity index (χ2v) is 13.9. The van der Waals surface area contributed by atoms with E-state index in [9.17, 15) is 19.2 Å². The fourth-order valence-electron chi connectivity index (χ4n) is 5.87. The highest BCUT2D eigenvalue weighted by Crippen LogP contribution is 2.26. The topological polar surface area (TPSA) is 124 Å². The third-order valence-corrected chi connectivity index (χ3v) is 9.18. The molecule has 0 aromatic heterocycles. The van der Waals surface area contributed by atoms with Crippen molar-refractivity contribution in [3.05, 3.63) is 109 Å². The normalized spacial score (nSPS) is 10.6. The van der Waals surface area contributed by atoms with E-state index in [1.54, 1.807) is 73.7 Å². The molecule has 10 heteroatoms. The van der Waals surface area contributed by atoms with Gasteiger partial charge in [0.2, 0.25) is 0 Å². The molecule has 3 aromatic carbocycles. The minimum atomic E-state index is -0.500. The molecule has 0 spiro atoms. The molecule has 0 radical (unpaired) electrons. The molecule has 308 valence electrons. The van der Waals surface area contributed by atoms with E-state index in [4.69, 9.17) is 28.4 Å². The van der Waals surface area contributed by atoms with Gasteiger partial charge in [0.1, 0.15) is 23.0 Å². The Labute approximate surface area is 338 Å². The number of carbonyl (C=O) groups excluding carboxylic acids is 4. The van der Waals surface area contributed by atoms with Gasteiger partial charge in [-0.05, 0) is 105 Å². The lowest BCUT2D eigenvalue weighted by molar-refractivity contribution is -0.138. The zero-order valence-electron chi connectivity index (χ0n) is 33.6. The highest BCUT2D eigenvalue weighted by Gasteiger charge is 2.14. The van der Waals surface area contributed by atoms with E-state index in [-0.39, 0.29) is 11.9 Å². The molecule has 0 unspecified atom stereocenters. The monoisotopic (exact) mass is 784 g/mol. The average Bonchev–Trinajstić information content (AvgIpc) is 3.22. The van der Waals surface area contributed by atoms with Crippen molar-refractivity contribution in [1.29, 1.82) is 0 Å². The van der Waals surface area contributed by atoms with Crippen molar-refractivity contribution >= 4 is 23.9 Å². The summed E-state index contributed by atoms with van der Waals surface area (Å²) < 4.78 is 32.9. The summed E-state index contributed by atoms with van der Waals surface area (Å²) in [6.07, 6.45) is 19.6. The number of carbonyl (C=O) groups is 4. The van der Waals surface area contributed by atoms with Crippen LogP contribution in [-0.2, 0) is 19.1 Å². The van der Waals surface area contributed by atoms with Crippen molar-refractivity contribution in [3.63, 3.8) is 0 Å². The fraction of sp³-hybridized carbons (Fsp3) is 0.447. The molecule has 0 heterocycles. The van der Waals surface area contributed by atoms with E-state index in [2.05, 4.69) is 13.2 Å². The second-order valence-electron chi connectivity index (χ2n) is 13.9. The first-order valence-electron chi connectivity index (χ1n) is 20.4. The Hall–Kier alpha value is -5.38. The smallest absolute Gasteiger partial charge is 0.343 e. The molecule has 3 rings (SSSR count). The molecule has 0 aliphatic heterocycles. The summed E-state index contributed by atoms with van der Waals surface area (Å²) in [5.41, 5.74) is 1.44. The van der Waals surface area contributed by atoms with Crippen molar-refractivity contribution in [1.82, 2.24) is 0 Å². The zero-order chi connectivity index (χ0) is 40.9. The molecule has 57 heavy (non-hydrogen) atoms. The van der Waals surface area contributed by atoms with Crippen molar-refractivity contribution in [2.45, 2.75) is 110 Å². The predicted octanol–water partition coefficient (Wildman–Crippen LogP) is 10.9. The van der Waals surface area contributed by atoms with E-state index in [0.717, 1.165) is 77.0 Å². The van der Waals surface area contributed by atoms with Crippen LogP contribution in [0.4, 0.5) is 0 Å². The minimum absolute atomic E-state index is 0.342. The van der Waals surface area contributed by atoms with Crippen LogP contribution < -0.4 is 18.9 Å². The molecule has 0 amide bonds. The third kappa shape index (κ3) is 19.9. The van der Waals surface area contributed by atoms with Gasteiger partial charge >= 0.3 is 23.9 Å². The van der Waals surface area contributed by atoms with E-state index >= 15 is 0 Å². The molecule has 0 fully saturated rings. The molecule has 0 saturated carbocycles. The maximum Gasteiger partial charge on any atom is 0.343 e. The van der Waals surface area contributed by atoms with Gasteiger partial charge in [-0.2, -0.15) is 0 Å². The summed E-state index contributed by atoms with van der Waals surface area (Å²) >= 11 is 0. The summed E-state index contributed by atoms with van der Waals surface area (Å²) in [5, 5.41) is 0.